The summed E-state index contributed by atoms with van der Waals surface area (Å²) in [6.45, 7) is -0.180. The molecule has 0 aliphatic rings. The third kappa shape index (κ3) is 6.46. The fourth-order valence-electron chi connectivity index (χ4n) is 3.60. The molecule has 0 bridgehead atoms. The van der Waals surface area contributed by atoms with E-state index in [2.05, 4.69) is 10.1 Å². The number of carbonyl (C=O) groups excluding carboxylic acids is 2. The SMILES string of the molecule is NC(=O)OCCOc1ccc(C(=O)Nc2cccc(-c3ccc(F)cc3)c2)cc1-c1ccc(F)c(F)c1. The van der Waals surface area contributed by atoms with E-state index in [1.54, 1.807) is 30.3 Å². The molecule has 4 rings (SSSR count). The number of carbonyl (C=O) groups is 2. The third-order valence-corrected chi connectivity index (χ3v) is 5.36. The van der Waals surface area contributed by atoms with Crippen LogP contribution in [0.5, 0.6) is 5.75 Å². The van der Waals surface area contributed by atoms with Crippen LogP contribution in [0.15, 0.2) is 84.9 Å². The normalized spacial score (nSPS) is 10.6. The minimum atomic E-state index is -1.06. The van der Waals surface area contributed by atoms with Gasteiger partial charge in [0.2, 0.25) is 0 Å². The van der Waals surface area contributed by atoms with E-state index in [0.29, 0.717) is 11.3 Å². The van der Waals surface area contributed by atoms with Gasteiger partial charge in [0.15, 0.2) is 11.6 Å². The average Bonchev–Trinajstić information content (AvgIpc) is 2.89. The van der Waals surface area contributed by atoms with E-state index in [-0.39, 0.29) is 35.9 Å². The molecule has 0 heterocycles. The Balaban J connectivity index is 1.59. The Kier molecular flexibility index (Phi) is 7.73. The molecule has 0 saturated carbocycles. The van der Waals surface area contributed by atoms with Gasteiger partial charge in [-0.15, -0.1) is 0 Å². The summed E-state index contributed by atoms with van der Waals surface area (Å²) < 4.78 is 51.0. The van der Waals surface area contributed by atoms with Crippen molar-refractivity contribution in [2.45, 2.75) is 0 Å². The number of benzene rings is 4. The van der Waals surface area contributed by atoms with Crippen LogP contribution in [0.4, 0.5) is 23.7 Å². The number of nitrogens with one attached hydrogen (secondary N) is 1. The van der Waals surface area contributed by atoms with Gasteiger partial charge < -0.3 is 20.5 Å². The topological polar surface area (TPSA) is 90.7 Å². The summed E-state index contributed by atoms with van der Waals surface area (Å²) in [5.74, 6) is -2.63. The molecule has 2 amide bonds. The largest absolute Gasteiger partial charge is 0.489 e. The van der Waals surface area contributed by atoms with Gasteiger partial charge in [0.25, 0.3) is 5.91 Å². The summed E-state index contributed by atoms with van der Waals surface area (Å²) in [5, 5.41) is 2.80. The number of halogens is 3. The highest BCUT2D eigenvalue weighted by Gasteiger charge is 2.15. The van der Waals surface area contributed by atoms with E-state index in [1.807, 2.05) is 6.07 Å². The van der Waals surface area contributed by atoms with Gasteiger partial charge in [-0.25, -0.2) is 18.0 Å². The Morgan fingerprint density at radius 1 is 0.757 bits per heavy atom. The summed E-state index contributed by atoms with van der Waals surface area (Å²) >= 11 is 0. The van der Waals surface area contributed by atoms with Gasteiger partial charge in [-0.1, -0.05) is 30.3 Å². The van der Waals surface area contributed by atoms with Crippen LogP contribution >= 0.6 is 0 Å². The molecule has 0 atom stereocenters. The molecule has 0 spiro atoms. The van der Waals surface area contributed by atoms with Crippen LogP contribution in [0.2, 0.25) is 0 Å². The summed E-state index contributed by atoms with van der Waals surface area (Å²) in [6, 6.07) is 20.8. The lowest BCUT2D eigenvalue weighted by Crippen LogP contribution is -2.17. The van der Waals surface area contributed by atoms with Crippen molar-refractivity contribution < 1.29 is 32.2 Å². The lowest BCUT2D eigenvalue weighted by atomic mass is 10.0. The van der Waals surface area contributed by atoms with Crippen LogP contribution in [0.1, 0.15) is 10.4 Å². The van der Waals surface area contributed by atoms with Crippen molar-refractivity contribution in [2.24, 2.45) is 5.73 Å². The minimum absolute atomic E-state index is 0.0542. The van der Waals surface area contributed by atoms with Crippen LogP contribution in [-0.4, -0.2) is 25.2 Å². The highest BCUT2D eigenvalue weighted by molar-refractivity contribution is 6.05. The quantitative estimate of drug-likeness (QED) is 0.280. The Labute approximate surface area is 210 Å². The van der Waals surface area contributed by atoms with E-state index in [9.17, 15) is 22.8 Å². The molecule has 4 aromatic rings. The maximum absolute atomic E-state index is 14.0. The number of hydrogen-bond donors (Lipinski definition) is 2. The number of ether oxygens (including phenoxy) is 2. The molecule has 0 fully saturated rings. The molecular formula is C28H21F3N2O4. The zero-order chi connectivity index (χ0) is 26.4. The molecule has 0 aliphatic heterocycles. The highest BCUT2D eigenvalue weighted by atomic mass is 19.2. The molecule has 188 valence electrons. The third-order valence-electron chi connectivity index (χ3n) is 5.36. The zero-order valence-electron chi connectivity index (χ0n) is 19.3. The van der Waals surface area contributed by atoms with Crippen LogP contribution < -0.4 is 15.8 Å². The summed E-state index contributed by atoms with van der Waals surface area (Å²) in [7, 11) is 0. The van der Waals surface area contributed by atoms with Gasteiger partial charge in [-0.2, -0.15) is 0 Å². The van der Waals surface area contributed by atoms with Crippen molar-refractivity contribution in [3.8, 4) is 28.0 Å². The van der Waals surface area contributed by atoms with E-state index in [1.165, 1.54) is 36.4 Å². The number of hydrogen-bond acceptors (Lipinski definition) is 4. The van der Waals surface area contributed by atoms with Crippen LogP contribution in [0, 0.1) is 17.5 Å². The smallest absolute Gasteiger partial charge is 0.404 e. The predicted molar refractivity (Wildman–Crippen MR) is 133 cm³/mol. The molecule has 0 aliphatic carbocycles. The van der Waals surface area contributed by atoms with Crippen molar-refractivity contribution in [1.29, 1.82) is 0 Å². The lowest BCUT2D eigenvalue weighted by Gasteiger charge is -2.14. The van der Waals surface area contributed by atoms with Gasteiger partial charge in [0.1, 0.15) is 24.8 Å². The van der Waals surface area contributed by atoms with E-state index >= 15 is 0 Å². The minimum Gasteiger partial charge on any atom is -0.489 e. The molecular weight excluding hydrogens is 485 g/mol. The molecule has 37 heavy (non-hydrogen) atoms. The monoisotopic (exact) mass is 506 g/mol. The number of primary amides is 1. The summed E-state index contributed by atoms with van der Waals surface area (Å²) in [6.07, 6.45) is -0.958. The van der Waals surface area contributed by atoms with Crippen molar-refractivity contribution in [2.75, 3.05) is 18.5 Å². The number of nitrogens with two attached hydrogens (primary N) is 1. The first-order valence-electron chi connectivity index (χ1n) is 11.1. The summed E-state index contributed by atoms with van der Waals surface area (Å²) in [4.78, 5) is 23.8. The maximum atomic E-state index is 14.0. The van der Waals surface area contributed by atoms with Gasteiger partial charge >= 0.3 is 6.09 Å². The number of amides is 2. The first kappa shape index (κ1) is 25.3. The van der Waals surface area contributed by atoms with Crippen molar-refractivity contribution in [3.05, 3.63) is 108 Å². The van der Waals surface area contributed by atoms with Crippen molar-refractivity contribution in [1.82, 2.24) is 0 Å². The Morgan fingerprint density at radius 2 is 1.51 bits per heavy atom. The Morgan fingerprint density at radius 3 is 2.24 bits per heavy atom. The van der Waals surface area contributed by atoms with Crippen molar-refractivity contribution in [3.63, 3.8) is 0 Å². The molecule has 0 saturated heterocycles. The second-order valence-electron chi connectivity index (χ2n) is 7.90. The molecule has 0 aromatic heterocycles. The van der Waals surface area contributed by atoms with Crippen molar-refractivity contribution >= 4 is 17.7 Å². The van der Waals surface area contributed by atoms with E-state index < -0.39 is 23.6 Å². The molecule has 0 unspecified atom stereocenters. The molecule has 6 nitrogen and oxygen atoms in total. The average molecular weight is 506 g/mol. The molecule has 3 N–H and O–H groups in total. The number of anilines is 1. The molecule has 0 radical (unpaired) electrons. The standard InChI is InChI=1S/C28H21F3N2O4/c29-21-8-4-17(5-9-21)18-2-1-3-22(14-18)33-27(34)20-7-11-26(36-12-13-37-28(32)35)23(15-20)19-6-10-24(30)25(31)16-19/h1-11,14-16H,12-13H2,(H2,32,35)(H,33,34). The second kappa shape index (κ2) is 11.3. The van der Waals surface area contributed by atoms with Crippen LogP contribution in [-0.2, 0) is 4.74 Å². The Bertz CT molecular complexity index is 1440. The molecule has 9 heteroatoms. The lowest BCUT2D eigenvalue weighted by molar-refractivity contribution is 0.102. The van der Waals surface area contributed by atoms with E-state index in [0.717, 1.165) is 23.3 Å². The first-order chi connectivity index (χ1) is 17.8. The van der Waals surface area contributed by atoms with Gasteiger partial charge in [0.05, 0.1) is 0 Å². The van der Waals surface area contributed by atoms with Gasteiger partial charge in [-0.3, -0.25) is 4.79 Å². The molecule has 4 aromatic carbocycles. The Hall–Kier alpha value is -4.79. The van der Waals surface area contributed by atoms with Gasteiger partial charge in [0, 0.05) is 16.8 Å². The highest BCUT2D eigenvalue weighted by Crippen LogP contribution is 2.32. The summed E-state index contributed by atoms with van der Waals surface area (Å²) in [5.41, 5.74) is 7.83. The van der Waals surface area contributed by atoms with E-state index in [4.69, 9.17) is 10.5 Å². The first-order valence-corrected chi connectivity index (χ1v) is 11.1. The predicted octanol–water partition coefficient (Wildman–Crippen LogP) is 6.16. The maximum Gasteiger partial charge on any atom is 0.404 e. The number of rotatable bonds is 8. The van der Waals surface area contributed by atoms with Crippen LogP contribution in [0.25, 0.3) is 22.3 Å². The van der Waals surface area contributed by atoms with Gasteiger partial charge in [-0.05, 0) is 71.3 Å². The second-order valence-corrected chi connectivity index (χ2v) is 7.90. The fraction of sp³-hybridized carbons (Fsp3) is 0.0714. The van der Waals surface area contributed by atoms with Crippen LogP contribution in [0.3, 0.4) is 0 Å². The fourth-order valence-corrected chi connectivity index (χ4v) is 3.60. The zero-order valence-corrected chi connectivity index (χ0v) is 19.3.